The van der Waals surface area contributed by atoms with Crippen molar-refractivity contribution in [1.82, 2.24) is 4.98 Å². The number of Topliss-reactive ketones (excluding diaryl/α,β-unsaturated/α-hetero) is 1. The highest BCUT2D eigenvalue weighted by Gasteiger charge is 2.07. The molecule has 0 unspecified atom stereocenters. The number of nitrogens with zero attached hydrogens (tertiary/aromatic N) is 1. The Hall–Kier alpha value is -1.97. The number of hydrogen-bond donors (Lipinski definition) is 0. The molecule has 1 aromatic rings. The van der Waals surface area contributed by atoms with E-state index in [0.717, 1.165) is 5.56 Å². The minimum absolute atomic E-state index is 0.0812. The van der Waals surface area contributed by atoms with E-state index in [1.54, 1.807) is 18.5 Å². The van der Waals surface area contributed by atoms with Gasteiger partial charge in [0.25, 0.3) is 0 Å². The molecule has 0 aliphatic heterocycles. The third kappa shape index (κ3) is 4.04. The van der Waals surface area contributed by atoms with E-state index in [9.17, 15) is 9.59 Å². The SMILES string of the molecule is C=C(COC(=O)CC(C)=O)c1cccnc1. The monoisotopic (exact) mass is 219 g/mol. The number of carbonyl (C=O) groups excluding carboxylic acids is 2. The zero-order valence-corrected chi connectivity index (χ0v) is 9.10. The Morgan fingerprint density at radius 1 is 1.50 bits per heavy atom. The van der Waals surface area contributed by atoms with E-state index in [0.29, 0.717) is 5.57 Å². The Kier molecular flexibility index (Phi) is 4.39. The number of carbonyl (C=O) groups is 2. The van der Waals surface area contributed by atoms with Crippen LogP contribution in [0.5, 0.6) is 0 Å². The lowest BCUT2D eigenvalue weighted by Crippen LogP contribution is -2.10. The lowest BCUT2D eigenvalue weighted by Gasteiger charge is -2.06. The zero-order valence-electron chi connectivity index (χ0n) is 9.10. The van der Waals surface area contributed by atoms with Gasteiger partial charge >= 0.3 is 5.97 Å². The minimum atomic E-state index is -0.530. The predicted molar refractivity (Wildman–Crippen MR) is 59.5 cm³/mol. The Balaban J connectivity index is 2.42. The van der Waals surface area contributed by atoms with Crippen LogP contribution in [0.3, 0.4) is 0 Å². The van der Waals surface area contributed by atoms with E-state index in [1.807, 2.05) is 6.07 Å². The van der Waals surface area contributed by atoms with Crippen molar-refractivity contribution < 1.29 is 14.3 Å². The van der Waals surface area contributed by atoms with Crippen molar-refractivity contribution in [3.63, 3.8) is 0 Å². The fourth-order valence-corrected chi connectivity index (χ4v) is 1.08. The van der Waals surface area contributed by atoms with Gasteiger partial charge in [-0.3, -0.25) is 14.6 Å². The van der Waals surface area contributed by atoms with E-state index >= 15 is 0 Å². The molecule has 1 heterocycles. The molecule has 0 atom stereocenters. The van der Waals surface area contributed by atoms with E-state index in [2.05, 4.69) is 11.6 Å². The van der Waals surface area contributed by atoms with Crippen LogP contribution in [0, 0.1) is 0 Å². The van der Waals surface area contributed by atoms with Gasteiger partial charge in [0.05, 0.1) is 0 Å². The van der Waals surface area contributed by atoms with Crippen LogP contribution < -0.4 is 0 Å². The topological polar surface area (TPSA) is 56.3 Å². The van der Waals surface area contributed by atoms with Gasteiger partial charge < -0.3 is 4.74 Å². The van der Waals surface area contributed by atoms with Crippen molar-refractivity contribution in [2.24, 2.45) is 0 Å². The average Bonchev–Trinajstić information content (AvgIpc) is 2.26. The number of pyridine rings is 1. The molecule has 1 rings (SSSR count). The summed E-state index contributed by atoms with van der Waals surface area (Å²) in [4.78, 5) is 25.7. The first kappa shape index (κ1) is 12.1. The van der Waals surface area contributed by atoms with E-state index in [1.165, 1.54) is 6.92 Å². The summed E-state index contributed by atoms with van der Waals surface area (Å²) in [5.74, 6) is -0.741. The van der Waals surface area contributed by atoms with Crippen molar-refractivity contribution in [1.29, 1.82) is 0 Å². The smallest absolute Gasteiger partial charge is 0.313 e. The third-order valence-electron chi connectivity index (χ3n) is 1.87. The summed E-state index contributed by atoms with van der Waals surface area (Å²) in [6, 6.07) is 3.60. The van der Waals surface area contributed by atoms with E-state index in [-0.39, 0.29) is 18.8 Å². The van der Waals surface area contributed by atoms with Crippen LogP contribution in [-0.4, -0.2) is 23.3 Å². The van der Waals surface area contributed by atoms with Crippen molar-refractivity contribution in [2.45, 2.75) is 13.3 Å². The first-order valence-electron chi connectivity index (χ1n) is 4.83. The first-order valence-corrected chi connectivity index (χ1v) is 4.83. The molecule has 0 aliphatic rings. The summed E-state index contributed by atoms with van der Waals surface area (Å²) in [5.41, 5.74) is 1.48. The molecule has 1 aromatic heterocycles. The normalized spacial score (nSPS) is 9.56. The molecule has 0 aromatic carbocycles. The highest BCUT2D eigenvalue weighted by atomic mass is 16.5. The summed E-state index contributed by atoms with van der Waals surface area (Å²) >= 11 is 0. The maximum atomic E-state index is 11.1. The molecule has 0 aliphatic carbocycles. The second kappa shape index (κ2) is 5.80. The molecule has 0 fully saturated rings. The quantitative estimate of drug-likeness (QED) is 0.557. The Labute approximate surface area is 94.0 Å². The van der Waals surface area contributed by atoms with Crippen LogP contribution in [0.25, 0.3) is 5.57 Å². The van der Waals surface area contributed by atoms with Gasteiger partial charge in [-0.25, -0.2) is 0 Å². The molecule has 0 bridgehead atoms. The van der Waals surface area contributed by atoms with Crippen LogP contribution in [0.15, 0.2) is 31.1 Å². The van der Waals surface area contributed by atoms with Gasteiger partial charge in [-0.05, 0) is 24.1 Å². The lowest BCUT2D eigenvalue weighted by atomic mass is 10.1. The number of rotatable bonds is 5. The van der Waals surface area contributed by atoms with Crippen LogP contribution in [0.4, 0.5) is 0 Å². The van der Waals surface area contributed by atoms with Crippen LogP contribution in [0.2, 0.25) is 0 Å². The van der Waals surface area contributed by atoms with Crippen molar-refractivity contribution in [2.75, 3.05) is 6.61 Å². The third-order valence-corrected chi connectivity index (χ3v) is 1.87. The molecule has 0 spiro atoms. The Morgan fingerprint density at radius 3 is 2.81 bits per heavy atom. The maximum absolute atomic E-state index is 11.1. The highest BCUT2D eigenvalue weighted by molar-refractivity contribution is 5.94. The summed E-state index contributed by atoms with van der Waals surface area (Å²) in [6.45, 7) is 5.20. The van der Waals surface area contributed by atoms with Gasteiger partial charge in [-0.1, -0.05) is 12.6 Å². The zero-order chi connectivity index (χ0) is 12.0. The molecule has 4 heteroatoms. The molecule has 0 radical (unpaired) electrons. The highest BCUT2D eigenvalue weighted by Crippen LogP contribution is 2.10. The summed E-state index contributed by atoms with van der Waals surface area (Å²) in [6.07, 6.45) is 3.10. The number of ketones is 1. The Morgan fingerprint density at radius 2 is 2.25 bits per heavy atom. The second-order valence-corrected chi connectivity index (χ2v) is 3.38. The van der Waals surface area contributed by atoms with Gasteiger partial charge in [0.1, 0.15) is 18.8 Å². The standard InChI is InChI=1S/C12H13NO3/c1-9(11-4-3-5-13-7-11)8-16-12(15)6-10(2)14/h3-5,7H,1,6,8H2,2H3. The molecule has 0 saturated carbocycles. The average molecular weight is 219 g/mol. The van der Waals surface area contributed by atoms with Crippen molar-refractivity contribution in [3.05, 3.63) is 36.7 Å². The largest absolute Gasteiger partial charge is 0.460 e. The molecule has 0 amide bonds. The number of esters is 1. The van der Waals surface area contributed by atoms with E-state index < -0.39 is 5.97 Å². The molecule has 0 saturated heterocycles. The Bertz CT molecular complexity index is 398. The molecule has 4 nitrogen and oxygen atoms in total. The lowest BCUT2D eigenvalue weighted by molar-refractivity contribution is -0.144. The molecule has 0 N–H and O–H groups in total. The van der Waals surface area contributed by atoms with Gasteiger partial charge in [-0.15, -0.1) is 0 Å². The fraction of sp³-hybridized carbons (Fsp3) is 0.250. The summed E-state index contributed by atoms with van der Waals surface area (Å²) < 4.78 is 4.88. The van der Waals surface area contributed by atoms with Gasteiger partial charge in [0.2, 0.25) is 0 Å². The predicted octanol–water partition coefficient (Wildman–Crippen LogP) is 1.62. The minimum Gasteiger partial charge on any atom is -0.460 e. The second-order valence-electron chi connectivity index (χ2n) is 3.38. The fourth-order valence-electron chi connectivity index (χ4n) is 1.08. The van der Waals surface area contributed by atoms with E-state index in [4.69, 9.17) is 4.74 Å². The van der Waals surface area contributed by atoms with Crippen LogP contribution in [-0.2, 0) is 14.3 Å². The van der Waals surface area contributed by atoms with Crippen molar-refractivity contribution in [3.8, 4) is 0 Å². The van der Waals surface area contributed by atoms with Gasteiger partial charge in [-0.2, -0.15) is 0 Å². The molecule has 16 heavy (non-hydrogen) atoms. The van der Waals surface area contributed by atoms with Crippen LogP contribution in [0.1, 0.15) is 18.9 Å². The van der Waals surface area contributed by atoms with Crippen molar-refractivity contribution >= 4 is 17.3 Å². The number of aromatic nitrogens is 1. The maximum Gasteiger partial charge on any atom is 0.313 e. The van der Waals surface area contributed by atoms with Gasteiger partial charge in [0, 0.05) is 12.4 Å². The summed E-state index contributed by atoms with van der Waals surface area (Å²) in [7, 11) is 0. The first-order chi connectivity index (χ1) is 7.59. The molecular weight excluding hydrogens is 206 g/mol. The van der Waals surface area contributed by atoms with Gasteiger partial charge in [0.15, 0.2) is 0 Å². The molecular formula is C12H13NO3. The number of ether oxygens (including phenoxy) is 1. The van der Waals surface area contributed by atoms with Crippen LogP contribution >= 0.6 is 0 Å². The molecule has 84 valence electrons. The number of hydrogen-bond acceptors (Lipinski definition) is 4. The summed E-state index contributed by atoms with van der Waals surface area (Å²) in [5, 5.41) is 0.